The molecule has 8 nitrogen and oxygen atoms in total. The molecule has 3 aliphatic rings. The minimum absolute atomic E-state index is 0.0513. The summed E-state index contributed by atoms with van der Waals surface area (Å²) in [4.78, 5) is 47.7. The van der Waals surface area contributed by atoms with Gasteiger partial charge in [0.2, 0.25) is 0 Å². The highest BCUT2D eigenvalue weighted by atomic mass is 16.6. The van der Waals surface area contributed by atoms with Gasteiger partial charge in [0.1, 0.15) is 25.4 Å². The largest absolute Gasteiger partial charge is 0.465 e. The molecule has 188 valence electrons. The van der Waals surface area contributed by atoms with Gasteiger partial charge in [0.15, 0.2) is 0 Å². The monoisotopic (exact) mass is 476 g/mol. The quantitative estimate of drug-likeness (QED) is 0.311. The van der Waals surface area contributed by atoms with E-state index in [1.54, 1.807) is 6.08 Å². The van der Waals surface area contributed by atoms with Gasteiger partial charge in [0.05, 0.1) is 5.57 Å². The molecule has 2 saturated carbocycles. The van der Waals surface area contributed by atoms with Crippen molar-refractivity contribution in [3.63, 3.8) is 0 Å². The average Bonchev–Trinajstić information content (AvgIpc) is 3.16. The Kier molecular flexibility index (Phi) is 7.58. The molecule has 0 spiro atoms. The van der Waals surface area contributed by atoms with Crippen LogP contribution in [0.4, 0.5) is 0 Å². The topological polar surface area (TPSA) is 105 Å². The molecule has 0 unspecified atom stereocenters. The molecule has 2 aliphatic carbocycles. The number of hydrogen-bond donors (Lipinski definition) is 0. The molecule has 0 bridgehead atoms. The Hall–Kier alpha value is -2.64. The maximum Gasteiger partial charge on any atom is 0.337 e. The molecule has 6 atom stereocenters. The number of ether oxygens (including phenoxy) is 4. The Morgan fingerprint density at radius 3 is 2.41 bits per heavy atom. The van der Waals surface area contributed by atoms with Crippen molar-refractivity contribution in [2.24, 2.45) is 22.7 Å². The Balaban J connectivity index is 1.96. The summed E-state index contributed by atoms with van der Waals surface area (Å²) in [5, 5.41) is 0. The molecule has 0 aromatic rings. The van der Waals surface area contributed by atoms with E-state index in [-0.39, 0.29) is 48.5 Å². The van der Waals surface area contributed by atoms with E-state index >= 15 is 0 Å². The van der Waals surface area contributed by atoms with E-state index in [1.807, 2.05) is 6.92 Å². The van der Waals surface area contributed by atoms with Crippen LogP contribution >= 0.6 is 0 Å². The van der Waals surface area contributed by atoms with Crippen LogP contribution in [0.2, 0.25) is 0 Å². The van der Waals surface area contributed by atoms with Gasteiger partial charge < -0.3 is 18.9 Å². The van der Waals surface area contributed by atoms with Crippen molar-refractivity contribution < 1.29 is 38.1 Å². The third-order valence-corrected chi connectivity index (χ3v) is 8.07. The van der Waals surface area contributed by atoms with Crippen molar-refractivity contribution in [3.05, 3.63) is 23.8 Å². The van der Waals surface area contributed by atoms with E-state index in [2.05, 4.69) is 13.5 Å². The number of rotatable bonds is 7. The van der Waals surface area contributed by atoms with Crippen LogP contribution in [0.5, 0.6) is 0 Å². The van der Waals surface area contributed by atoms with Crippen molar-refractivity contribution in [2.45, 2.75) is 78.9 Å². The number of carbonyl (C=O) groups excluding carboxylic acids is 4. The van der Waals surface area contributed by atoms with Crippen molar-refractivity contribution in [1.29, 1.82) is 0 Å². The minimum Gasteiger partial charge on any atom is -0.465 e. The number of hydrogen-bond acceptors (Lipinski definition) is 8. The summed E-state index contributed by atoms with van der Waals surface area (Å²) in [6, 6.07) is 0. The van der Waals surface area contributed by atoms with Gasteiger partial charge >= 0.3 is 23.9 Å². The SMILES string of the molecule is C=C1CC[C@H]2[C@](C)(COC(C)=O)[C@@H](OC(C)=O)CC[C@@]2(C)[C@H]1C[C@H](OC(C)=O)C1=CCOC1=O. The smallest absolute Gasteiger partial charge is 0.337 e. The number of carbonyl (C=O) groups is 4. The summed E-state index contributed by atoms with van der Waals surface area (Å²) >= 11 is 0. The molecule has 0 aromatic heterocycles. The van der Waals surface area contributed by atoms with Crippen molar-refractivity contribution in [2.75, 3.05) is 13.2 Å². The van der Waals surface area contributed by atoms with E-state index in [0.29, 0.717) is 18.4 Å². The third-order valence-electron chi connectivity index (χ3n) is 8.07. The fourth-order valence-corrected chi connectivity index (χ4v) is 6.54. The Bertz CT molecular complexity index is 904. The van der Waals surface area contributed by atoms with Gasteiger partial charge in [0.25, 0.3) is 0 Å². The number of allylic oxidation sites excluding steroid dienone is 1. The van der Waals surface area contributed by atoms with Crippen LogP contribution in [0.3, 0.4) is 0 Å². The van der Waals surface area contributed by atoms with E-state index in [4.69, 9.17) is 18.9 Å². The summed E-state index contributed by atoms with van der Waals surface area (Å²) in [5.74, 6) is -1.68. The Labute approximate surface area is 201 Å². The van der Waals surface area contributed by atoms with Gasteiger partial charge in [-0.3, -0.25) is 14.4 Å². The van der Waals surface area contributed by atoms with E-state index in [1.165, 1.54) is 20.8 Å². The fraction of sp³-hybridized carbons (Fsp3) is 0.692. The van der Waals surface area contributed by atoms with Crippen molar-refractivity contribution in [1.82, 2.24) is 0 Å². The second-order valence-corrected chi connectivity index (χ2v) is 10.3. The standard InChI is InChI=1S/C26H36O8/c1-15-7-8-22-25(5,11-9-23(34-18(4)29)26(22,6)14-32-16(2)27)20(15)13-21(33-17(3)28)19-10-12-31-24(19)30/h10,20-23H,1,7-9,11-14H2,2-6H3/t20-,21-,22+,23-,25-,26-/m0/s1. The second kappa shape index (κ2) is 9.92. The molecule has 0 saturated heterocycles. The summed E-state index contributed by atoms with van der Waals surface area (Å²) in [7, 11) is 0. The van der Waals surface area contributed by atoms with Gasteiger partial charge in [0, 0.05) is 26.2 Å². The maximum absolute atomic E-state index is 12.3. The van der Waals surface area contributed by atoms with Crippen LogP contribution < -0.4 is 0 Å². The summed E-state index contributed by atoms with van der Waals surface area (Å²) < 4.78 is 21.9. The first-order valence-corrected chi connectivity index (χ1v) is 11.9. The van der Waals surface area contributed by atoms with Crippen LogP contribution in [-0.2, 0) is 38.1 Å². The molecule has 3 rings (SSSR count). The molecular formula is C26H36O8. The van der Waals surface area contributed by atoms with Crippen LogP contribution in [-0.4, -0.2) is 49.3 Å². The molecule has 0 aromatic carbocycles. The molecule has 0 N–H and O–H groups in total. The number of cyclic esters (lactones) is 1. The number of esters is 4. The summed E-state index contributed by atoms with van der Waals surface area (Å²) in [5.41, 5.74) is 0.530. The van der Waals surface area contributed by atoms with E-state index in [0.717, 1.165) is 24.8 Å². The molecule has 34 heavy (non-hydrogen) atoms. The minimum atomic E-state index is -0.726. The van der Waals surface area contributed by atoms with Crippen LogP contribution in [0.15, 0.2) is 23.8 Å². The second-order valence-electron chi connectivity index (χ2n) is 10.3. The highest BCUT2D eigenvalue weighted by Gasteiger charge is 2.60. The van der Waals surface area contributed by atoms with Crippen molar-refractivity contribution >= 4 is 23.9 Å². The lowest BCUT2D eigenvalue weighted by molar-refractivity contribution is -0.192. The van der Waals surface area contributed by atoms with Crippen LogP contribution in [0, 0.1) is 22.7 Å². The molecule has 0 amide bonds. The average molecular weight is 477 g/mol. The van der Waals surface area contributed by atoms with E-state index in [9.17, 15) is 19.2 Å². The number of fused-ring (bicyclic) bond motifs is 1. The zero-order valence-electron chi connectivity index (χ0n) is 20.8. The zero-order valence-corrected chi connectivity index (χ0v) is 20.8. The van der Waals surface area contributed by atoms with Gasteiger partial charge in [-0.25, -0.2) is 4.79 Å². The molecular weight excluding hydrogens is 440 g/mol. The predicted molar refractivity (Wildman–Crippen MR) is 122 cm³/mol. The molecule has 8 heteroatoms. The van der Waals surface area contributed by atoms with Gasteiger partial charge in [-0.2, -0.15) is 0 Å². The summed E-state index contributed by atoms with van der Waals surface area (Å²) in [6.07, 6.45) is 3.89. The fourth-order valence-electron chi connectivity index (χ4n) is 6.54. The third kappa shape index (κ3) is 5.05. The van der Waals surface area contributed by atoms with Crippen LogP contribution in [0.1, 0.15) is 66.7 Å². The predicted octanol–water partition coefficient (Wildman–Crippen LogP) is 3.68. The van der Waals surface area contributed by atoms with Crippen molar-refractivity contribution in [3.8, 4) is 0 Å². The normalized spacial score (nSPS) is 33.8. The van der Waals surface area contributed by atoms with Gasteiger partial charge in [-0.1, -0.05) is 26.0 Å². The molecule has 1 heterocycles. The highest BCUT2D eigenvalue weighted by molar-refractivity contribution is 5.92. The van der Waals surface area contributed by atoms with Gasteiger partial charge in [-0.15, -0.1) is 0 Å². The first-order chi connectivity index (χ1) is 15.9. The lowest BCUT2D eigenvalue weighted by atomic mass is 9.46. The van der Waals surface area contributed by atoms with Gasteiger partial charge in [-0.05, 0) is 55.4 Å². The first kappa shape index (κ1) is 26.0. The summed E-state index contributed by atoms with van der Waals surface area (Å²) in [6.45, 7) is 13.0. The van der Waals surface area contributed by atoms with E-state index < -0.39 is 23.5 Å². The lowest BCUT2D eigenvalue weighted by Gasteiger charge is -2.60. The maximum atomic E-state index is 12.3. The Morgan fingerprint density at radius 1 is 1.15 bits per heavy atom. The molecule has 1 aliphatic heterocycles. The first-order valence-electron chi connectivity index (χ1n) is 11.9. The zero-order chi connectivity index (χ0) is 25.3. The highest BCUT2D eigenvalue weighted by Crippen LogP contribution is 2.62. The molecule has 2 fully saturated rings. The molecule has 0 radical (unpaired) electrons. The van der Waals surface area contributed by atoms with Crippen LogP contribution in [0.25, 0.3) is 0 Å². The lowest BCUT2D eigenvalue weighted by Crippen LogP contribution is -2.59. The Morgan fingerprint density at radius 2 is 1.85 bits per heavy atom.